The van der Waals surface area contributed by atoms with Crippen molar-refractivity contribution in [3.63, 3.8) is 0 Å². The molecule has 0 saturated carbocycles. The number of hydrogen-bond acceptors (Lipinski definition) is 6. The summed E-state index contributed by atoms with van der Waals surface area (Å²) in [5.74, 6) is -1.23. The third-order valence-electron chi connectivity index (χ3n) is 3.53. The minimum Gasteiger partial charge on any atom is -0.478 e. The molecule has 9 heteroatoms. The van der Waals surface area contributed by atoms with Gasteiger partial charge in [0, 0.05) is 24.2 Å². The summed E-state index contributed by atoms with van der Waals surface area (Å²) in [5, 5.41) is 9.30. The molecule has 0 unspecified atom stereocenters. The fourth-order valence-electron chi connectivity index (χ4n) is 2.25. The Labute approximate surface area is 149 Å². The highest BCUT2D eigenvalue weighted by Gasteiger charge is 2.18. The SMILES string of the molecule is O=C(O)c1cc(-c2cncnc2)cc(S(=O)(=O)NCc2ccccn2)c1. The lowest BCUT2D eigenvalue weighted by Crippen LogP contribution is -2.24. The first-order valence-corrected chi connectivity index (χ1v) is 8.97. The third kappa shape index (κ3) is 4.08. The summed E-state index contributed by atoms with van der Waals surface area (Å²) in [4.78, 5) is 23.0. The minimum absolute atomic E-state index is 0.00967. The molecule has 2 aromatic heterocycles. The zero-order valence-corrected chi connectivity index (χ0v) is 14.2. The highest BCUT2D eigenvalue weighted by atomic mass is 32.2. The van der Waals surface area contributed by atoms with Crippen LogP contribution in [0.4, 0.5) is 0 Å². The van der Waals surface area contributed by atoms with E-state index in [1.54, 1.807) is 24.4 Å². The van der Waals surface area contributed by atoms with E-state index in [9.17, 15) is 18.3 Å². The van der Waals surface area contributed by atoms with Gasteiger partial charge in [-0.05, 0) is 35.9 Å². The molecule has 26 heavy (non-hydrogen) atoms. The van der Waals surface area contributed by atoms with Crippen LogP contribution in [0, 0.1) is 0 Å². The second-order valence-electron chi connectivity index (χ2n) is 5.32. The van der Waals surface area contributed by atoms with E-state index in [1.165, 1.54) is 30.9 Å². The Morgan fingerprint density at radius 2 is 1.85 bits per heavy atom. The van der Waals surface area contributed by atoms with E-state index < -0.39 is 16.0 Å². The maximum absolute atomic E-state index is 12.6. The van der Waals surface area contributed by atoms with E-state index in [1.807, 2.05) is 0 Å². The van der Waals surface area contributed by atoms with Crippen molar-refractivity contribution in [2.75, 3.05) is 0 Å². The van der Waals surface area contributed by atoms with Crippen molar-refractivity contribution in [3.8, 4) is 11.1 Å². The Kier molecular flexibility index (Phi) is 5.01. The Morgan fingerprint density at radius 3 is 2.50 bits per heavy atom. The zero-order valence-electron chi connectivity index (χ0n) is 13.4. The maximum Gasteiger partial charge on any atom is 0.335 e. The van der Waals surface area contributed by atoms with Crippen molar-refractivity contribution in [2.45, 2.75) is 11.4 Å². The minimum atomic E-state index is -3.94. The summed E-state index contributed by atoms with van der Waals surface area (Å²) in [5.41, 5.74) is 1.30. The number of benzene rings is 1. The Balaban J connectivity index is 1.97. The average Bonchev–Trinajstić information content (AvgIpc) is 2.67. The molecule has 8 nitrogen and oxygen atoms in total. The molecule has 0 aliphatic carbocycles. The quantitative estimate of drug-likeness (QED) is 0.677. The second kappa shape index (κ2) is 7.38. The smallest absolute Gasteiger partial charge is 0.335 e. The number of aromatic carboxylic acids is 1. The van der Waals surface area contributed by atoms with Crippen LogP contribution in [0.5, 0.6) is 0 Å². The lowest BCUT2D eigenvalue weighted by atomic mass is 10.1. The molecule has 0 fully saturated rings. The molecule has 3 aromatic rings. The maximum atomic E-state index is 12.6. The van der Waals surface area contributed by atoms with Crippen molar-refractivity contribution in [1.29, 1.82) is 0 Å². The summed E-state index contributed by atoms with van der Waals surface area (Å²) in [6, 6.07) is 9.02. The monoisotopic (exact) mass is 370 g/mol. The number of sulfonamides is 1. The van der Waals surface area contributed by atoms with E-state index in [0.717, 1.165) is 6.07 Å². The van der Waals surface area contributed by atoms with E-state index in [-0.39, 0.29) is 17.0 Å². The highest BCUT2D eigenvalue weighted by molar-refractivity contribution is 7.89. The van der Waals surface area contributed by atoms with Gasteiger partial charge in [-0.15, -0.1) is 0 Å². The van der Waals surface area contributed by atoms with E-state index in [2.05, 4.69) is 19.7 Å². The van der Waals surface area contributed by atoms with Gasteiger partial charge in [0.25, 0.3) is 0 Å². The molecule has 3 rings (SSSR count). The van der Waals surface area contributed by atoms with Gasteiger partial charge in [0.15, 0.2) is 0 Å². The van der Waals surface area contributed by atoms with Crippen molar-refractivity contribution in [2.24, 2.45) is 0 Å². The molecule has 0 saturated heterocycles. The summed E-state index contributed by atoms with van der Waals surface area (Å²) in [6.07, 6.45) is 5.84. The number of pyridine rings is 1. The molecule has 132 valence electrons. The van der Waals surface area contributed by atoms with Gasteiger partial charge in [0.1, 0.15) is 6.33 Å². The first kappa shape index (κ1) is 17.6. The molecule has 0 spiro atoms. The standard InChI is InChI=1S/C17H14N4O4S/c22-17(23)13-5-12(14-8-18-11-19-9-14)6-16(7-13)26(24,25)21-10-15-3-1-2-4-20-15/h1-9,11,21H,10H2,(H,22,23). The number of rotatable bonds is 6. The van der Waals surface area contributed by atoms with Gasteiger partial charge in [-0.3, -0.25) is 4.98 Å². The Bertz CT molecular complexity index is 1030. The third-order valence-corrected chi connectivity index (χ3v) is 4.91. The number of hydrogen-bond donors (Lipinski definition) is 2. The molecule has 0 radical (unpaired) electrons. The number of aromatic nitrogens is 3. The van der Waals surface area contributed by atoms with Gasteiger partial charge in [-0.2, -0.15) is 0 Å². The van der Waals surface area contributed by atoms with Crippen LogP contribution in [0.25, 0.3) is 11.1 Å². The van der Waals surface area contributed by atoms with Gasteiger partial charge in [-0.25, -0.2) is 27.9 Å². The molecule has 2 N–H and O–H groups in total. The number of nitrogens with one attached hydrogen (secondary N) is 1. The van der Waals surface area contributed by atoms with Crippen LogP contribution in [0.3, 0.4) is 0 Å². The lowest BCUT2D eigenvalue weighted by molar-refractivity contribution is 0.0696. The number of nitrogens with zero attached hydrogens (tertiary/aromatic N) is 3. The van der Waals surface area contributed by atoms with Crippen LogP contribution < -0.4 is 4.72 Å². The van der Waals surface area contributed by atoms with Crippen LogP contribution in [0.2, 0.25) is 0 Å². The first-order valence-electron chi connectivity index (χ1n) is 7.49. The van der Waals surface area contributed by atoms with E-state index >= 15 is 0 Å². The highest BCUT2D eigenvalue weighted by Crippen LogP contribution is 2.24. The summed E-state index contributed by atoms with van der Waals surface area (Å²) < 4.78 is 27.6. The predicted octanol–water partition coefficient (Wildman–Crippen LogP) is 1.72. The van der Waals surface area contributed by atoms with Crippen molar-refractivity contribution >= 4 is 16.0 Å². The fraction of sp³-hybridized carbons (Fsp3) is 0.0588. The predicted molar refractivity (Wildman–Crippen MR) is 92.7 cm³/mol. The van der Waals surface area contributed by atoms with Crippen molar-refractivity contribution in [1.82, 2.24) is 19.7 Å². The molecule has 0 amide bonds. The van der Waals surface area contributed by atoms with Crippen LogP contribution >= 0.6 is 0 Å². The van der Waals surface area contributed by atoms with Gasteiger partial charge in [-0.1, -0.05) is 6.07 Å². The number of carboxylic acid groups (broad SMARTS) is 1. The van der Waals surface area contributed by atoms with Gasteiger partial charge >= 0.3 is 5.97 Å². The molecular weight excluding hydrogens is 356 g/mol. The fourth-order valence-corrected chi connectivity index (χ4v) is 3.32. The Hall–Kier alpha value is -3.17. The number of carboxylic acids is 1. The van der Waals surface area contributed by atoms with Gasteiger partial charge in [0.05, 0.1) is 22.7 Å². The van der Waals surface area contributed by atoms with Crippen molar-refractivity contribution in [3.05, 3.63) is 72.6 Å². The lowest BCUT2D eigenvalue weighted by Gasteiger charge is -2.10. The zero-order chi connectivity index (χ0) is 18.6. The molecule has 0 aliphatic rings. The van der Waals surface area contributed by atoms with E-state index in [0.29, 0.717) is 16.8 Å². The van der Waals surface area contributed by atoms with Crippen LogP contribution in [0.1, 0.15) is 16.1 Å². The van der Waals surface area contributed by atoms with Crippen LogP contribution in [-0.4, -0.2) is 34.4 Å². The summed E-state index contributed by atoms with van der Waals surface area (Å²) in [7, 11) is -3.94. The largest absolute Gasteiger partial charge is 0.478 e. The molecule has 0 bridgehead atoms. The molecule has 1 aromatic carbocycles. The molecular formula is C17H14N4O4S. The summed E-state index contributed by atoms with van der Waals surface area (Å²) in [6.45, 7) is -0.00967. The second-order valence-corrected chi connectivity index (χ2v) is 7.09. The van der Waals surface area contributed by atoms with Crippen LogP contribution in [0.15, 0.2) is 66.2 Å². The number of carbonyl (C=O) groups is 1. The first-order chi connectivity index (χ1) is 12.5. The van der Waals surface area contributed by atoms with Gasteiger partial charge in [0.2, 0.25) is 10.0 Å². The van der Waals surface area contributed by atoms with Gasteiger partial charge < -0.3 is 5.11 Å². The average molecular weight is 370 g/mol. The topological polar surface area (TPSA) is 122 Å². The normalized spacial score (nSPS) is 11.2. The van der Waals surface area contributed by atoms with Crippen molar-refractivity contribution < 1.29 is 18.3 Å². The Morgan fingerprint density at radius 1 is 1.08 bits per heavy atom. The molecule has 0 aliphatic heterocycles. The van der Waals surface area contributed by atoms with E-state index in [4.69, 9.17) is 0 Å². The van der Waals surface area contributed by atoms with Crippen LogP contribution in [-0.2, 0) is 16.6 Å². The molecule has 0 atom stereocenters. The molecule has 2 heterocycles. The summed E-state index contributed by atoms with van der Waals surface area (Å²) >= 11 is 0.